The summed E-state index contributed by atoms with van der Waals surface area (Å²) in [4.78, 5) is 12.9. The summed E-state index contributed by atoms with van der Waals surface area (Å²) in [6.45, 7) is 3.23. The third-order valence-corrected chi connectivity index (χ3v) is 8.66. The van der Waals surface area contributed by atoms with Gasteiger partial charge < -0.3 is 60.3 Å². The molecule has 2 aromatic rings. The number of amides is 1. The van der Waals surface area contributed by atoms with Gasteiger partial charge in [0.2, 0.25) is 12.2 Å². The van der Waals surface area contributed by atoms with Crippen LogP contribution in [-0.2, 0) is 19.0 Å². The van der Waals surface area contributed by atoms with Crippen molar-refractivity contribution in [2.45, 2.75) is 75.0 Å². The highest BCUT2D eigenvalue weighted by Gasteiger charge is 2.53. The number of fused-ring (bicyclic) bond motifs is 1. The predicted octanol–water partition coefficient (Wildman–Crippen LogP) is 1.15. The lowest BCUT2D eigenvalue weighted by atomic mass is 9.83. The Kier molecular flexibility index (Phi) is 10.8. The maximum absolute atomic E-state index is 12.9. The highest BCUT2D eigenvalue weighted by Crippen LogP contribution is 2.33. The summed E-state index contributed by atoms with van der Waals surface area (Å²) in [5.41, 5.74) is 7.71. The molecule has 0 aromatic heterocycles. The second kappa shape index (κ2) is 14.4. The summed E-state index contributed by atoms with van der Waals surface area (Å²) < 4.78 is 27.8. The van der Waals surface area contributed by atoms with Crippen LogP contribution in [0.15, 0.2) is 53.6 Å². The van der Waals surface area contributed by atoms with E-state index in [2.05, 4.69) is 5.32 Å². The fourth-order valence-corrected chi connectivity index (χ4v) is 5.98. The second-order valence-electron chi connectivity index (χ2n) is 11.3. The van der Waals surface area contributed by atoms with E-state index in [9.17, 15) is 30.3 Å². The number of hydrogen-bond acceptors (Lipinski definition) is 12. The molecule has 5 rings (SSSR count). The van der Waals surface area contributed by atoms with Gasteiger partial charge in [-0.15, -0.1) is 0 Å². The first-order chi connectivity index (χ1) is 21.8. The van der Waals surface area contributed by atoms with E-state index >= 15 is 0 Å². The Morgan fingerprint density at radius 3 is 2.35 bits per heavy atom. The number of rotatable bonds is 9. The fourth-order valence-electron chi connectivity index (χ4n) is 5.52. The number of nitrogen functional groups attached to an aromatic ring is 1. The van der Waals surface area contributed by atoms with Gasteiger partial charge in [-0.05, 0) is 67.5 Å². The van der Waals surface area contributed by atoms with Crippen molar-refractivity contribution in [1.82, 2.24) is 5.32 Å². The van der Waals surface area contributed by atoms with Gasteiger partial charge in [-0.1, -0.05) is 29.3 Å². The number of aliphatic hydroxyl groups excluding tert-OH is 5. The maximum Gasteiger partial charge on any atom is 0.247 e. The molecule has 1 amide bonds. The Balaban J connectivity index is 1.18. The molecule has 13 nitrogen and oxygen atoms in total. The van der Waals surface area contributed by atoms with Crippen molar-refractivity contribution in [2.75, 3.05) is 19.1 Å². The molecule has 3 aliphatic rings. The molecule has 0 bridgehead atoms. The third kappa shape index (κ3) is 7.29. The number of carbonyl (C=O) groups excluding carboxylic acids is 1. The lowest BCUT2D eigenvalue weighted by Gasteiger charge is -2.41. The van der Waals surface area contributed by atoms with Crippen LogP contribution in [0.25, 0.3) is 6.08 Å². The van der Waals surface area contributed by atoms with Gasteiger partial charge in [0.15, 0.2) is 0 Å². The molecule has 8 N–H and O–H groups in total. The molecule has 0 radical (unpaired) electrons. The van der Waals surface area contributed by atoms with E-state index < -0.39 is 67.1 Å². The molecule has 1 aliphatic carbocycles. The lowest BCUT2D eigenvalue weighted by Crippen LogP contribution is -2.67. The minimum absolute atomic E-state index is 0.120. The summed E-state index contributed by atoms with van der Waals surface area (Å²) >= 11 is 12.0. The lowest BCUT2D eigenvalue weighted by molar-refractivity contribution is -0.155. The van der Waals surface area contributed by atoms with Crippen LogP contribution < -0.4 is 20.5 Å². The third-order valence-electron chi connectivity index (χ3n) is 8.13. The van der Waals surface area contributed by atoms with E-state index in [1.54, 1.807) is 37.3 Å². The molecule has 1 saturated carbocycles. The zero-order valence-electron chi connectivity index (χ0n) is 24.8. The Bertz CT molecular complexity index is 1490. The van der Waals surface area contributed by atoms with E-state index in [4.69, 9.17) is 52.6 Å². The van der Waals surface area contributed by atoms with Crippen LogP contribution in [0, 0.1) is 0 Å². The SMILES string of the molecule is C/C(=C\c1ccc(O[C@@H]2O[C@H](/C(C)=C/COc3ccc(Cl)cc3Cl)[C@@H](O)[C@@H]2O)c(N)c1)C(=O)N[C@@H]1[C@H](O)[C@@H](O)[C@H]2OCO[C@H]2[C@@H]1O. The van der Waals surface area contributed by atoms with Gasteiger partial charge in [-0.3, -0.25) is 4.79 Å². The molecule has 2 saturated heterocycles. The van der Waals surface area contributed by atoms with Gasteiger partial charge in [0.1, 0.15) is 73.7 Å². The molecular formula is C31H36Cl2N2O11. The summed E-state index contributed by atoms with van der Waals surface area (Å²) in [5.74, 6) is 0.0107. The second-order valence-corrected chi connectivity index (χ2v) is 12.2. The zero-order chi connectivity index (χ0) is 33.3. The predicted molar refractivity (Wildman–Crippen MR) is 166 cm³/mol. The Morgan fingerprint density at radius 1 is 0.957 bits per heavy atom. The van der Waals surface area contributed by atoms with Gasteiger partial charge in [0.05, 0.1) is 16.8 Å². The smallest absolute Gasteiger partial charge is 0.247 e. The molecule has 0 unspecified atom stereocenters. The number of anilines is 1. The van der Waals surface area contributed by atoms with Crippen LogP contribution >= 0.6 is 23.2 Å². The van der Waals surface area contributed by atoms with Crippen molar-refractivity contribution in [1.29, 1.82) is 0 Å². The van der Waals surface area contributed by atoms with E-state index in [1.807, 2.05) is 0 Å². The number of aliphatic hydroxyl groups is 5. The number of nitrogens with one attached hydrogen (secondary N) is 1. The van der Waals surface area contributed by atoms with Gasteiger partial charge >= 0.3 is 0 Å². The molecular weight excluding hydrogens is 647 g/mol. The zero-order valence-corrected chi connectivity index (χ0v) is 26.3. The number of nitrogens with two attached hydrogens (primary N) is 1. The number of ether oxygens (including phenoxy) is 5. The molecule has 46 heavy (non-hydrogen) atoms. The largest absolute Gasteiger partial charge is 0.488 e. The van der Waals surface area contributed by atoms with Crippen LogP contribution in [0.2, 0.25) is 10.0 Å². The fraction of sp³-hybridized carbons (Fsp3) is 0.452. The van der Waals surface area contributed by atoms with Crippen LogP contribution in [0.5, 0.6) is 11.5 Å². The molecule has 250 valence electrons. The van der Waals surface area contributed by atoms with E-state index in [1.165, 1.54) is 25.1 Å². The highest BCUT2D eigenvalue weighted by atomic mass is 35.5. The standard InChI is InChI=1S/C31H36Cl2N2O11/c1-13(7-8-42-19-6-4-16(32)11-17(19)33)27-25(39)26(40)31(46-27)45-20-5-3-15(10-18(20)34)9-14(2)30(41)35-21-22(36)24(38)29-28(23(21)37)43-12-44-29/h3-7,9-11,21-29,31,36-40H,8,12,34H2,1-2H3,(H,35,41)/b13-7+,14-9+/t21-,22+,23-,24-,25+,26+,27-,28+,29-,31-/m1/s1. The normalized spacial score (nSPS) is 33.1. The number of carbonyl (C=O) groups is 1. The van der Waals surface area contributed by atoms with E-state index in [0.717, 1.165) is 0 Å². The minimum Gasteiger partial charge on any atom is -0.488 e. The summed E-state index contributed by atoms with van der Waals surface area (Å²) in [6, 6.07) is 8.32. The van der Waals surface area contributed by atoms with E-state index in [-0.39, 0.29) is 30.4 Å². The first-order valence-electron chi connectivity index (χ1n) is 14.4. The molecule has 0 spiro atoms. The Hall–Kier alpha value is -2.95. The minimum atomic E-state index is -1.48. The van der Waals surface area contributed by atoms with Gasteiger partial charge in [0.25, 0.3) is 0 Å². The first-order valence-corrected chi connectivity index (χ1v) is 15.2. The molecule has 2 heterocycles. The molecule has 2 aliphatic heterocycles. The monoisotopic (exact) mass is 682 g/mol. The van der Waals surface area contributed by atoms with Crippen molar-refractivity contribution in [3.05, 3.63) is 69.2 Å². The average Bonchev–Trinajstić information content (AvgIpc) is 3.62. The quantitative estimate of drug-likeness (QED) is 0.113. The maximum atomic E-state index is 12.9. The molecule has 15 heteroatoms. The summed E-state index contributed by atoms with van der Waals surface area (Å²) in [5, 5.41) is 56.0. The van der Waals surface area contributed by atoms with Gasteiger partial charge in [-0.25, -0.2) is 0 Å². The average molecular weight is 684 g/mol. The van der Waals surface area contributed by atoms with Crippen LogP contribution in [0.1, 0.15) is 19.4 Å². The topological polar surface area (TPSA) is 202 Å². The number of benzene rings is 2. The summed E-state index contributed by atoms with van der Waals surface area (Å²) in [7, 11) is 0. The van der Waals surface area contributed by atoms with Crippen LogP contribution in [-0.4, -0.2) is 106 Å². The molecule has 2 aromatic carbocycles. The van der Waals surface area contributed by atoms with Crippen LogP contribution in [0.4, 0.5) is 5.69 Å². The van der Waals surface area contributed by atoms with Crippen molar-refractivity contribution in [3.63, 3.8) is 0 Å². The highest BCUT2D eigenvalue weighted by molar-refractivity contribution is 6.35. The van der Waals surface area contributed by atoms with E-state index in [0.29, 0.717) is 26.9 Å². The van der Waals surface area contributed by atoms with Crippen molar-refractivity contribution in [2.24, 2.45) is 0 Å². The summed E-state index contributed by atoms with van der Waals surface area (Å²) in [6.07, 6.45) is -7.50. The molecule has 10 atom stereocenters. The van der Waals surface area contributed by atoms with Crippen molar-refractivity contribution < 1.29 is 54.0 Å². The Labute approximate surface area is 274 Å². The number of hydrogen-bond donors (Lipinski definition) is 7. The van der Waals surface area contributed by atoms with Crippen LogP contribution in [0.3, 0.4) is 0 Å². The van der Waals surface area contributed by atoms with Gasteiger partial charge in [0, 0.05) is 10.6 Å². The number of halogens is 2. The molecule has 3 fully saturated rings. The van der Waals surface area contributed by atoms with Gasteiger partial charge in [-0.2, -0.15) is 0 Å². The Morgan fingerprint density at radius 2 is 1.65 bits per heavy atom. The first kappa shape index (κ1) is 34.4. The van der Waals surface area contributed by atoms with Crippen molar-refractivity contribution in [3.8, 4) is 11.5 Å². The van der Waals surface area contributed by atoms with Crippen molar-refractivity contribution >= 4 is 40.9 Å².